The van der Waals surface area contributed by atoms with Crippen LogP contribution >= 0.6 is 11.3 Å². The lowest BCUT2D eigenvalue weighted by Crippen LogP contribution is -2.51. The van der Waals surface area contributed by atoms with Gasteiger partial charge in [-0.15, -0.1) is 11.3 Å². The first-order valence-corrected chi connectivity index (χ1v) is 10.7. The van der Waals surface area contributed by atoms with Gasteiger partial charge in [-0.3, -0.25) is 9.89 Å². The highest BCUT2D eigenvalue weighted by Gasteiger charge is 2.25. The summed E-state index contributed by atoms with van der Waals surface area (Å²) in [7, 11) is 1.78. The quantitative estimate of drug-likeness (QED) is 0.549. The van der Waals surface area contributed by atoms with Crippen LogP contribution in [0.2, 0.25) is 0 Å². The molecular weight excluding hydrogens is 376 g/mol. The van der Waals surface area contributed by atoms with Crippen molar-refractivity contribution >= 4 is 23.4 Å². The van der Waals surface area contributed by atoms with Crippen LogP contribution in [0.1, 0.15) is 31.5 Å². The van der Waals surface area contributed by atoms with Crippen molar-refractivity contribution in [3.05, 3.63) is 16.1 Å². The van der Waals surface area contributed by atoms with Gasteiger partial charge in [0.2, 0.25) is 0 Å². The molecule has 1 fully saturated rings. The normalized spacial score (nSPS) is 16.2. The molecule has 2 heterocycles. The van der Waals surface area contributed by atoms with Gasteiger partial charge in [0.15, 0.2) is 5.96 Å². The van der Waals surface area contributed by atoms with Gasteiger partial charge in [0.25, 0.3) is 0 Å². The number of aryl methyl sites for hydroxylation is 1. The Morgan fingerprint density at radius 2 is 1.93 bits per heavy atom. The zero-order valence-electron chi connectivity index (χ0n) is 17.7. The second-order valence-electron chi connectivity index (χ2n) is 7.84. The summed E-state index contributed by atoms with van der Waals surface area (Å²) < 4.78 is 5.44. The fourth-order valence-corrected chi connectivity index (χ4v) is 3.51. The van der Waals surface area contributed by atoms with Gasteiger partial charge >= 0.3 is 6.09 Å². The number of aliphatic imine (C=N–C) groups is 1. The number of thiazole rings is 1. The number of piperazine rings is 1. The summed E-state index contributed by atoms with van der Waals surface area (Å²) in [5.41, 5.74) is 0.674. The number of nitrogens with one attached hydrogen (secondary N) is 2. The van der Waals surface area contributed by atoms with Gasteiger partial charge in [-0.25, -0.2) is 9.78 Å². The highest BCUT2D eigenvalue weighted by atomic mass is 32.1. The molecule has 9 heteroatoms. The van der Waals surface area contributed by atoms with Crippen LogP contribution < -0.4 is 10.6 Å². The minimum Gasteiger partial charge on any atom is -0.444 e. The smallest absolute Gasteiger partial charge is 0.410 e. The Labute approximate surface area is 172 Å². The van der Waals surface area contributed by atoms with Gasteiger partial charge in [0.05, 0.1) is 10.7 Å². The molecule has 8 nitrogen and oxygen atoms in total. The van der Waals surface area contributed by atoms with Crippen molar-refractivity contribution in [3.8, 4) is 0 Å². The molecule has 1 aromatic rings. The number of guanidine groups is 1. The monoisotopic (exact) mass is 410 g/mol. The minimum atomic E-state index is -0.445. The third-order valence-corrected chi connectivity index (χ3v) is 5.13. The highest BCUT2D eigenvalue weighted by Crippen LogP contribution is 2.11. The average Bonchev–Trinajstić information content (AvgIpc) is 3.04. The Morgan fingerprint density at radius 1 is 1.25 bits per heavy atom. The summed E-state index contributed by atoms with van der Waals surface area (Å²) in [5, 5.41) is 9.87. The number of hydrogen-bond donors (Lipinski definition) is 2. The Kier molecular flexibility index (Phi) is 8.50. The number of nitrogens with zero attached hydrogens (tertiary/aromatic N) is 4. The van der Waals surface area contributed by atoms with Gasteiger partial charge in [-0.1, -0.05) is 0 Å². The van der Waals surface area contributed by atoms with Crippen molar-refractivity contribution in [1.29, 1.82) is 0 Å². The maximum Gasteiger partial charge on any atom is 0.410 e. The number of ether oxygens (including phenoxy) is 1. The van der Waals surface area contributed by atoms with Crippen LogP contribution in [-0.2, 0) is 11.2 Å². The number of hydrogen-bond acceptors (Lipinski definition) is 6. The summed E-state index contributed by atoms with van der Waals surface area (Å²) in [4.78, 5) is 25.0. The van der Waals surface area contributed by atoms with Gasteiger partial charge in [0, 0.05) is 64.7 Å². The third kappa shape index (κ3) is 8.02. The molecule has 2 rings (SSSR count). The second kappa shape index (κ2) is 10.6. The van der Waals surface area contributed by atoms with Crippen LogP contribution in [0.3, 0.4) is 0 Å². The zero-order valence-corrected chi connectivity index (χ0v) is 18.6. The molecule has 0 radical (unpaired) electrons. The van der Waals surface area contributed by atoms with E-state index in [0.717, 1.165) is 55.8 Å². The van der Waals surface area contributed by atoms with Crippen LogP contribution in [0.5, 0.6) is 0 Å². The largest absolute Gasteiger partial charge is 0.444 e. The molecule has 0 aromatic carbocycles. The maximum atomic E-state index is 12.1. The first kappa shape index (κ1) is 22.4. The van der Waals surface area contributed by atoms with Gasteiger partial charge < -0.3 is 20.3 Å². The lowest BCUT2D eigenvalue weighted by atomic mass is 10.2. The minimum absolute atomic E-state index is 0.217. The highest BCUT2D eigenvalue weighted by molar-refractivity contribution is 7.09. The van der Waals surface area contributed by atoms with Crippen molar-refractivity contribution < 1.29 is 9.53 Å². The van der Waals surface area contributed by atoms with Crippen LogP contribution in [-0.4, -0.2) is 85.3 Å². The average molecular weight is 411 g/mol. The van der Waals surface area contributed by atoms with Gasteiger partial charge in [-0.05, 0) is 27.7 Å². The molecule has 2 N–H and O–H groups in total. The lowest BCUT2D eigenvalue weighted by Gasteiger charge is -2.35. The van der Waals surface area contributed by atoms with E-state index in [1.807, 2.05) is 27.7 Å². The van der Waals surface area contributed by atoms with E-state index in [9.17, 15) is 4.79 Å². The fourth-order valence-electron chi connectivity index (χ4n) is 2.87. The summed E-state index contributed by atoms with van der Waals surface area (Å²) in [6, 6.07) is 0. The van der Waals surface area contributed by atoms with Gasteiger partial charge in [-0.2, -0.15) is 0 Å². The van der Waals surface area contributed by atoms with Crippen molar-refractivity contribution in [3.63, 3.8) is 0 Å². The third-order valence-electron chi connectivity index (χ3n) is 4.31. The summed E-state index contributed by atoms with van der Waals surface area (Å²) in [6.07, 6.45) is 0.669. The number of aromatic nitrogens is 1. The van der Waals surface area contributed by atoms with Crippen LogP contribution in [0.25, 0.3) is 0 Å². The van der Waals surface area contributed by atoms with E-state index in [-0.39, 0.29) is 6.09 Å². The van der Waals surface area contributed by atoms with Crippen LogP contribution in [0.15, 0.2) is 10.4 Å². The van der Waals surface area contributed by atoms with Crippen molar-refractivity contribution in [2.75, 3.05) is 52.9 Å². The Bertz CT molecular complexity index is 647. The molecule has 158 valence electrons. The lowest BCUT2D eigenvalue weighted by molar-refractivity contribution is 0.0147. The first-order valence-electron chi connectivity index (χ1n) is 9.82. The zero-order chi connectivity index (χ0) is 20.6. The molecular formula is C19H34N6O2S. The molecule has 1 aliphatic heterocycles. The van der Waals surface area contributed by atoms with Crippen molar-refractivity contribution in [2.45, 2.75) is 39.7 Å². The number of carbonyl (C=O) groups excluding carboxylic acids is 1. The molecule has 0 atom stereocenters. The summed E-state index contributed by atoms with van der Waals surface area (Å²) in [6.45, 7) is 13.3. The molecule has 1 amide bonds. The number of amides is 1. The second-order valence-corrected chi connectivity index (χ2v) is 8.90. The Balaban J connectivity index is 1.60. The molecule has 1 saturated heterocycles. The predicted molar refractivity (Wildman–Crippen MR) is 114 cm³/mol. The standard InChI is InChI=1S/C19H34N6O2S/c1-15-23-16(14-28-15)6-7-21-17(20-5)22-8-9-24-10-12-25(13-11-24)18(26)27-19(2,3)4/h14H,6-13H2,1-5H3,(H2,20,21,22). The van der Waals surface area contributed by atoms with E-state index in [2.05, 4.69) is 30.9 Å². The number of rotatable bonds is 6. The van der Waals surface area contributed by atoms with Crippen LogP contribution in [0, 0.1) is 6.92 Å². The van der Waals surface area contributed by atoms with Crippen molar-refractivity contribution in [1.82, 2.24) is 25.4 Å². The van der Waals surface area contributed by atoms with E-state index < -0.39 is 5.60 Å². The van der Waals surface area contributed by atoms with Gasteiger partial charge in [0.1, 0.15) is 5.60 Å². The first-order chi connectivity index (χ1) is 13.3. The van der Waals surface area contributed by atoms with Crippen LogP contribution in [0.4, 0.5) is 4.79 Å². The molecule has 28 heavy (non-hydrogen) atoms. The summed E-state index contributed by atoms with van der Waals surface area (Å²) >= 11 is 1.68. The van der Waals surface area contributed by atoms with E-state index >= 15 is 0 Å². The van der Waals surface area contributed by atoms with E-state index in [0.29, 0.717) is 13.1 Å². The fraction of sp³-hybridized carbons (Fsp3) is 0.737. The maximum absolute atomic E-state index is 12.1. The molecule has 0 spiro atoms. The molecule has 0 saturated carbocycles. The number of carbonyl (C=O) groups is 1. The Hall–Kier alpha value is -1.87. The molecule has 0 bridgehead atoms. The molecule has 0 aliphatic carbocycles. The topological polar surface area (TPSA) is 82.1 Å². The SMILES string of the molecule is CN=C(NCCc1csc(C)n1)NCCN1CCN(C(=O)OC(C)(C)C)CC1. The van der Waals surface area contributed by atoms with E-state index in [1.165, 1.54) is 0 Å². The van der Waals surface area contributed by atoms with E-state index in [1.54, 1.807) is 23.3 Å². The summed E-state index contributed by atoms with van der Waals surface area (Å²) in [5.74, 6) is 0.805. The molecule has 1 aromatic heterocycles. The Morgan fingerprint density at radius 3 is 2.50 bits per heavy atom. The molecule has 1 aliphatic rings. The van der Waals surface area contributed by atoms with E-state index in [4.69, 9.17) is 4.74 Å². The predicted octanol–water partition coefficient (Wildman–Crippen LogP) is 1.71. The van der Waals surface area contributed by atoms with Crippen molar-refractivity contribution in [2.24, 2.45) is 4.99 Å². The molecule has 0 unspecified atom stereocenters.